The topological polar surface area (TPSA) is 138 Å². The Bertz CT molecular complexity index is 7160. The van der Waals surface area contributed by atoms with Gasteiger partial charge in [-0.2, -0.15) is 8.75 Å². The third kappa shape index (κ3) is 27.0. The first-order valence-corrected chi connectivity index (χ1v) is 85.9. The van der Waals surface area contributed by atoms with Crippen molar-refractivity contribution in [2.75, 3.05) is 13.2 Å². The smallest absolute Gasteiger partial charge is 0.197 e. The van der Waals surface area contributed by atoms with Crippen LogP contribution in [0.1, 0.15) is 342 Å². The van der Waals surface area contributed by atoms with Gasteiger partial charge in [0.1, 0.15) is 16.8 Å². The molecule has 29 heteroatoms. The molecule has 0 saturated heterocycles. The quantitative estimate of drug-likeness (QED) is 0.0268. The van der Waals surface area contributed by atoms with E-state index < -0.39 is 36.8 Å². The van der Waals surface area contributed by atoms with Crippen LogP contribution in [0.25, 0.3) is 113 Å². The van der Waals surface area contributed by atoms with E-state index in [1.54, 1.807) is 119 Å². The van der Waals surface area contributed by atoms with E-state index in [9.17, 15) is 9.59 Å². The van der Waals surface area contributed by atoms with Crippen molar-refractivity contribution < 1.29 is 33.4 Å². The van der Waals surface area contributed by atoms with Gasteiger partial charge in [0, 0.05) is 102 Å². The molecule has 10 nitrogen and oxygen atoms in total. The summed E-state index contributed by atoms with van der Waals surface area (Å²) >= 11 is 26.4. The van der Waals surface area contributed by atoms with E-state index in [4.69, 9.17) is 27.0 Å². The number of halogens is 3. The number of rotatable bonds is 47. The van der Waals surface area contributed by atoms with Crippen LogP contribution in [0, 0.1) is 51.4 Å². The predicted octanol–water partition coefficient (Wildman–Crippen LogP) is 42.6. The number of aryl methyl sites for hydroxylation is 2. The van der Waals surface area contributed by atoms with Crippen molar-refractivity contribution in [1.82, 2.24) is 17.5 Å². The molecule has 798 valence electrons. The van der Waals surface area contributed by atoms with Gasteiger partial charge in [-0.3, -0.25) is 23.9 Å². The fourth-order valence-corrected chi connectivity index (χ4v) is 47.0. The molecule has 0 fully saturated rings. The van der Waals surface area contributed by atoms with Gasteiger partial charge in [0.25, 0.3) is 0 Å². The van der Waals surface area contributed by atoms with Crippen molar-refractivity contribution >= 4 is 279 Å². The number of carbonyl (C=O) groups excluding carboxylic acids is 4. The van der Waals surface area contributed by atoms with Crippen molar-refractivity contribution in [2.45, 2.75) is 321 Å². The van der Waals surface area contributed by atoms with Crippen LogP contribution in [0.3, 0.4) is 0 Å². The summed E-state index contributed by atoms with van der Waals surface area (Å²) in [5, 5.41) is 0. The normalized spacial score (nSPS) is 13.2. The Balaban J connectivity index is 0.000000198. The summed E-state index contributed by atoms with van der Waals surface area (Å²) in [6.45, 7) is 32.7. The number of thiophene rings is 12. The first-order chi connectivity index (χ1) is 70.4. The van der Waals surface area contributed by atoms with Crippen LogP contribution in [0.2, 0.25) is 29.6 Å². The number of nitrogens with zero attached hydrogens (tertiary/aromatic N) is 4. The van der Waals surface area contributed by atoms with E-state index >= 15 is 9.59 Å². The molecule has 149 heavy (non-hydrogen) atoms. The first-order valence-electron chi connectivity index (χ1n) is 53.1. The van der Waals surface area contributed by atoms with Gasteiger partial charge in [-0.25, -0.2) is 0 Å². The molecule has 2 aliphatic rings. The summed E-state index contributed by atoms with van der Waals surface area (Å²) in [6.07, 6.45) is 31.2. The Morgan fingerprint density at radius 3 is 0.852 bits per heavy atom. The standard InChI is InChI=1S/C57H64N2O3S7.C34H38Br2O2S4.C21H20N2OS3.2CH4.6CH3.FH.2Sn/c1-9-14-17-18-29-62-55-34(8)45(51-52(59-69-58-51)48(55)40-23-21-32(6)63-40)39-27-25-37(65-39)38-26-28-42(66-38)57-50-49(56(68-57)41-24-22-33(7)64-41)53(60)46-43(30-35(12-4)19-15-10-2)67-44(47(46)54(50)61)31-36(13-5)20-16-11-3;1-5-9-11-19(7-3)17-23-27-28(24(39-23)18-20(8-4)12-10-6-2)32(38)30-29(31(27)37)33(21-13-15-25(35)40-21)42-34(30)22-14-16-26(36)41-22;1-3-4-5-6-11-24-21-14(2)17(15-9-7-12-25-15)19-20(23-27-22-19)18(21)16-10-8-13-26-16;;;;;;;;;;;/h21-28,35-36H,9-20,29-31H2,1-8H3;13-16,19-20H,5-12,17-18H2,1-4H3;7-10H,3-6,11H2,1-2H3;2*1H4;6*1H3;1H;;. The van der Waals surface area contributed by atoms with Crippen LogP contribution in [-0.2, 0) is 25.7 Å². The molecule has 0 saturated carbocycles. The minimum atomic E-state index is -2.17. The fraction of sp³-hybridized carbons (Fsp3) is 0.467. The molecule has 0 spiro atoms. The third-order valence-electron chi connectivity index (χ3n) is 28.8. The molecule has 16 aromatic rings. The maximum absolute atomic E-state index is 15.6. The van der Waals surface area contributed by atoms with Crippen LogP contribution in [-0.4, -0.2) is 90.6 Å². The van der Waals surface area contributed by atoms with Gasteiger partial charge in [-0.1, -0.05) is 199 Å². The number of hydrogen-bond donors (Lipinski definition) is 0. The van der Waals surface area contributed by atoms with Crippen LogP contribution < -0.4 is 15.3 Å². The number of fused-ring (bicyclic) bond motifs is 6. The van der Waals surface area contributed by atoms with Crippen molar-refractivity contribution in [3.05, 3.63) is 190 Å². The molecule has 0 aliphatic heterocycles. The van der Waals surface area contributed by atoms with Crippen LogP contribution in [0.15, 0.2) is 105 Å². The Morgan fingerprint density at radius 1 is 0.282 bits per heavy atom. The zero-order valence-electron chi connectivity index (χ0n) is 88.9. The Hall–Kier alpha value is -4.75. The van der Waals surface area contributed by atoms with Crippen molar-refractivity contribution in [3.63, 3.8) is 0 Å². The zero-order valence-corrected chi connectivity index (χ0v) is 109. The molecule has 2 aromatic carbocycles. The average Bonchev–Trinajstić information content (AvgIpc) is 1.56. The van der Waals surface area contributed by atoms with Gasteiger partial charge in [0.15, 0.2) is 23.1 Å². The molecule has 2 aliphatic carbocycles. The van der Waals surface area contributed by atoms with Crippen molar-refractivity contribution in [3.8, 4) is 102 Å². The van der Waals surface area contributed by atoms with Gasteiger partial charge >= 0.3 is 234 Å². The Morgan fingerprint density at radius 2 is 0.550 bits per heavy atom. The van der Waals surface area contributed by atoms with Crippen molar-refractivity contribution in [2.24, 2.45) is 23.7 Å². The number of unbranched alkanes of at least 4 members (excludes halogenated alkanes) is 10. The van der Waals surface area contributed by atoms with E-state index in [1.165, 1.54) is 138 Å². The van der Waals surface area contributed by atoms with Crippen LogP contribution in [0.5, 0.6) is 11.5 Å². The SMILES string of the molecule is C.C.CCCCC(CC)Cc1sc(CC(CC)CCCC)c2c1C(=O)c1c(-c3ccc(Br)s3)sc(-c3ccc(Br)s3)c1C2=O.CCCCCCOc1c(C)c(-c2cc[c]([Sn]([CH3])([CH3])[CH3])s2)c2nsnc2c1-c1cc[c]([Sn]([CH3])([CH3])[CH3])s1.CCCCCCOc1c(C)c(-c2ccc(-c3ccc(-c4sc(-c5ccc(C)s5)c5c4C(=O)c4c(CC(CC)CCCC)sc(CC(CC)CCCC)c4C5=O)s3)s2)c2nsnc2c1-c1ccc(C)s1.F. The fourth-order valence-electron chi connectivity index (χ4n) is 20.3. The number of aromatic nitrogens is 4. The molecule has 0 bridgehead atoms. The monoisotopic (exact) mass is 2610 g/mol. The third-order valence-corrected chi connectivity index (χ3v) is 64.2. The molecule has 0 radical (unpaired) electrons. The second kappa shape index (κ2) is 55.2. The number of ketones is 4. The molecule has 14 aromatic heterocycles. The molecule has 18 rings (SSSR count). The van der Waals surface area contributed by atoms with Crippen LogP contribution in [0.4, 0.5) is 4.70 Å². The van der Waals surface area contributed by atoms with E-state index in [2.05, 4.69) is 243 Å². The van der Waals surface area contributed by atoms with Gasteiger partial charge in [-0.15, -0.1) is 113 Å². The second-order valence-corrected chi connectivity index (χ2v) is 89.7. The zero-order chi connectivity index (χ0) is 104. The van der Waals surface area contributed by atoms with Gasteiger partial charge in [0.05, 0.1) is 73.2 Å². The molecular weight excluding hydrogens is 2460 g/mol. The summed E-state index contributed by atoms with van der Waals surface area (Å²) in [5.74, 6) is 4.17. The van der Waals surface area contributed by atoms with Gasteiger partial charge in [0.2, 0.25) is 0 Å². The Labute approximate surface area is 967 Å². The maximum atomic E-state index is 15.6. The van der Waals surface area contributed by atoms with E-state index in [1.807, 2.05) is 34.8 Å². The summed E-state index contributed by atoms with van der Waals surface area (Å²) in [7, 11) is 0. The van der Waals surface area contributed by atoms with E-state index in [-0.39, 0.29) is 42.7 Å². The van der Waals surface area contributed by atoms with Gasteiger partial charge in [-0.05, 0) is 181 Å². The van der Waals surface area contributed by atoms with Gasteiger partial charge < -0.3 is 4.74 Å². The van der Waals surface area contributed by atoms with E-state index in [0.717, 1.165) is 255 Å². The summed E-state index contributed by atoms with van der Waals surface area (Å²) < 4.78 is 38.2. The predicted molar refractivity (Wildman–Crippen MR) is 675 cm³/mol. The number of hydrogen-bond acceptors (Lipinski definition) is 24. The largest absolute Gasteiger partial charge is 0.493 e. The van der Waals surface area contributed by atoms with Crippen LogP contribution >= 0.6 is 191 Å². The average molecular weight is 2610 g/mol. The summed E-state index contributed by atoms with van der Waals surface area (Å²) in [5.41, 5.74) is 16.0. The molecule has 4 unspecified atom stereocenters. The molecule has 14 heterocycles. The number of carbonyl (C=O) groups is 4. The second-order valence-electron chi connectivity index (χ2n) is 41.5. The minimum Gasteiger partial charge on any atom is -0.493 e. The summed E-state index contributed by atoms with van der Waals surface area (Å²) in [6, 6.07) is 35.0. The Kier molecular flexibility index (Phi) is 44.9. The maximum Gasteiger partial charge on any atom is 0.197 e. The molecule has 0 N–H and O–H groups in total. The number of benzene rings is 2. The molecule has 4 atom stereocenters. The van der Waals surface area contributed by atoms with E-state index in [0.29, 0.717) is 63.7 Å². The summed E-state index contributed by atoms with van der Waals surface area (Å²) in [4.78, 5) is 97.6. The number of ether oxygens (including phenoxy) is 2. The first kappa shape index (κ1) is 121. The van der Waals surface area contributed by atoms with Crippen molar-refractivity contribution in [1.29, 1.82) is 0 Å². The molecular formula is C120H149Br2FN4O6S14Sn2. The molecule has 0 amide bonds. The minimum absolute atomic E-state index is 0.